The topological polar surface area (TPSA) is 58.6 Å². The predicted octanol–water partition coefficient (Wildman–Crippen LogP) is 4.61. The molecule has 1 N–H and O–H groups in total. The van der Waals surface area contributed by atoms with E-state index in [1.165, 1.54) is 11.0 Å². The van der Waals surface area contributed by atoms with Gasteiger partial charge in [-0.25, -0.2) is 4.39 Å². The van der Waals surface area contributed by atoms with Gasteiger partial charge in [0.2, 0.25) is 5.91 Å². The zero-order chi connectivity index (χ0) is 22.3. The van der Waals surface area contributed by atoms with Crippen LogP contribution in [0.1, 0.15) is 38.3 Å². The lowest BCUT2D eigenvalue weighted by Gasteiger charge is -2.29. The minimum Gasteiger partial charge on any atom is -0.484 e. The third-order valence-electron chi connectivity index (χ3n) is 4.96. The number of nitrogens with zero attached hydrogens (tertiary/aromatic N) is 1. The highest BCUT2D eigenvalue weighted by atomic mass is 79.9. The van der Waals surface area contributed by atoms with Crippen molar-refractivity contribution >= 4 is 27.7 Å². The molecule has 0 aliphatic carbocycles. The van der Waals surface area contributed by atoms with Crippen LogP contribution in [0.5, 0.6) is 5.75 Å². The van der Waals surface area contributed by atoms with Gasteiger partial charge in [0.15, 0.2) is 6.61 Å². The van der Waals surface area contributed by atoms with Crippen molar-refractivity contribution in [3.05, 3.63) is 63.9 Å². The van der Waals surface area contributed by atoms with Crippen molar-refractivity contribution in [3.63, 3.8) is 0 Å². The third-order valence-corrected chi connectivity index (χ3v) is 5.85. The van der Waals surface area contributed by atoms with Crippen molar-refractivity contribution in [1.82, 2.24) is 10.2 Å². The SMILES string of the molecule is CC[C@@H](C)NC(=O)[C@H](C)N(Cc1ccccc1F)C(=O)COc1ccc(Br)c(C)c1. The average molecular weight is 479 g/mol. The first-order chi connectivity index (χ1) is 14.2. The summed E-state index contributed by atoms with van der Waals surface area (Å²) in [5.74, 6) is -0.556. The predicted molar refractivity (Wildman–Crippen MR) is 119 cm³/mol. The summed E-state index contributed by atoms with van der Waals surface area (Å²) < 4.78 is 20.8. The summed E-state index contributed by atoms with van der Waals surface area (Å²) >= 11 is 3.43. The molecular weight excluding hydrogens is 451 g/mol. The van der Waals surface area contributed by atoms with Crippen molar-refractivity contribution in [2.75, 3.05) is 6.61 Å². The van der Waals surface area contributed by atoms with Crippen LogP contribution in [-0.4, -0.2) is 35.4 Å². The molecule has 0 radical (unpaired) electrons. The van der Waals surface area contributed by atoms with E-state index in [1.54, 1.807) is 31.2 Å². The van der Waals surface area contributed by atoms with Gasteiger partial charge in [-0.2, -0.15) is 0 Å². The van der Waals surface area contributed by atoms with Crippen molar-refractivity contribution in [1.29, 1.82) is 0 Å². The lowest BCUT2D eigenvalue weighted by Crippen LogP contribution is -2.50. The highest BCUT2D eigenvalue weighted by molar-refractivity contribution is 9.10. The second-order valence-corrected chi connectivity index (χ2v) is 8.16. The number of ether oxygens (including phenoxy) is 1. The Morgan fingerprint density at radius 1 is 1.20 bits per heavy atom. The molecule has 0 bridgehead atoms. The molecule has 2 aromatic carbocycles. The second-order valence-electron chi connectivity index (χ2n) is 7.31. The second kappa shape index (κ2) is 11.1. The first-order valence-electron chi connectivity index (χ1n) is 9.95. The summed E-state index contributed by atoms with van der Waals surface area (Å²) in [4.78, 5) is 27.0. The van der Waals surface area contributed by atoms with Gasteiger partial charge in [-0.15, -0.1) is 0 Å². The average Bonchev–Trinajstić information content (AvgIpc) is 2.73. The van der Waals surface area contributed by atoms with Gasteiger partial charge in [0.25, 0.3) is 5.91 Å². The Morgan fingerprint density at radius 3 is 2.53 bits per heavy atom. The highest BCUT2D eigenvalue weighted by Gasteiger charge is 2.27. The zero-order valence-electron chi connectivity index (χ0n) is 17.7. The van der Waals surface area contributed by atoms with Crippen LogP contribution < -0.4 is 10.1 Å². The molecule has 0 fully saturated rings. The van der Waals surface area contributed by atoms with Gasteiger partial charge in [-0.1, -0.05) is 41.1 Å². The van der Waals surface area contributed by atoms with E-state index in [-0.39, 0.29) is 25.1 Å². The zero-order valence-corrected chi connectivity index (χ0v) is 19.3. The van der Waals surface area contributed by atoms with Crippen LogP contribution in [0.2, 0.25) is 0 Å². The van der Waals surface area contributed by atoms with Gasteiger partial charge in [0.05, 0.1) is 0 Å². The number of carbonyl (C=O) groups is 2. The molecule has 0 spiro atoms. The van der Waals surface area contributed by atoms with Gasteiger partial charge >= 0.3 is 0 Å². The van der Waals surface area contributed by atoms with Crippen molar-refractivity contribution in [3.8, 4) is 5.75 Å². The molecule has 0 aromatic heterocycles. The summed E-state index contributed by atoms with van der Waals surface area (Å²) in [6, 6.07) is 10.8. The Kier molecular flexibility index (Phi) is 8.84. The Hall–Kier alpha value is -2.41. The maximum absolute atomic E-state index is 14.2. The number of aryl methyl sites for hydroxylation is 1. The third kappa shape index (κ3) is 6.55. The fraction of sp³-hybridized carbons (Fsp3) is 0.391. The number of hydrogen-bond acceptors (Lipinski definition) is 3. The van der Waals surface area contributed by atoms with Crippen molar-refractivity contribution < 1.29 is 18.7 Å². The van der Waals surface area contributed by atoms with Crippen LogP contribution >= 0.6 is 15.9 Å². The number of amides is 2. The summed E-state index contributed by atoms with van der Waals surface area (Å²) in [7, 11) is 0. The summed E-state index contributed by atoms with van der Waals surface area (Å²) in [6.07, 6.45) is 0.770. The molecule has 0 heterocycles. The molecule has 7 heteroatoms. The van der Waals surface area contributed by atoms with Crippen LogP contribution in [0.25, 0.3) is 0 Å². The first kappa shape index (κ1) is 23.9. The fourth-order valence-electron chi connectivity index (χ4n) is 2.79. The minimum absolute atomic E-state index is 0.0210. The molecule has 2 rings (SSSR count). The number of hydrogen-bond donors (Lipinski definition) is 1. The van der Waals surface area contributed by atoms with Gasteiger partial charge in [-0.3, -0.25) is 9.59 Å². The number of benzene rings is 2. The van der Waals surface area contributed by atoms with Crippen LogP contribution in [0.4, 0.5) is 4.39 Å². The molecule has 0 unspecified atom stereocenters. The standard InChI is InChI=1S/C23H28BrFN2O3/c1-5-16(3)26-23(29)17(4)27(13-18-8-6-7-9-21(18)25)22(28)14-30-19-10-11-20(24)15(2)12-19/h6-12,16-17H,5,13-14H2,1-4H3,(H,26,29)/t16-,17+/m1/s1. The molecule has 2 aromatic rings. The highest BCUT2D eigenvalue weighted by Crippen LogP contribution is 2.22. The van der Waals surface area contributed by atoms with Gasteiger partial charge in [-0.05, 0) is 57.0 Å². The largest absolute Gasteiger partial charge is 0.484 e. The van der Waals surface area contributed by atoms with Gasteiger partial charge in [0, 0.05) is 22.6 Å². The van der Waals surface area contributed by atoms with E-state index in [2.05, 4.69) is 21.2 Å². The maximum atomic E-state index is 14.2. The number of rotatable bonds is 9. The van der Waals surface area contributed by atoms with E-state index in [9.17, 15) is 14.0 Å². The van der Waals surface area contributed by atoms with E-state index >= 15 is 0 Å². The molecule has 5 nitrogen and oxygen atoms in total. The number of nitrogens with one attached hydrogen (secondary N) is 1. The van der Waals surface area contributed by atoms with E-state index in [0.29, 0.717) is 11.3 Å². The molecule has 0 saturated heterocycles. The Bertz CT molecular complexity index is 891. The Morgan fingerprint density at radius 2 is 1.90 bits per heavy atom. The molecular formula is C23H28BrFN2O3. The monoisotopic (exact) mass is 478 g/mol. The molecule has 30 heavy (non-hydrogen) atoms. The fourth-order valence-corrected chi connectivity index (χ4v) is 3.04. The lowest BCUT2D eigenvalue weighted by atomic mass is 10.1. The molecule has 2 amide bonds. The van der Waals surface area contributed by atoms with Crippen LogP contribution in [-0.2, 0) is 16.1 Å². The number of carbonyl (C=O) groups excluding carboxylic acids is 2. The maximum Gasteiger partial charge on any atom is 0.261 e. The molecule has 0 aliphatic rings. The Labute approximate surface area is 185 Å². The molecule has 2 atom stereocenters. The van der Waals surface area contributed by atoms with Crippen LogP contribution in [0.15, 0.2) is 46.9 Å². The normalized spacial score (nSPS) is 12.7. The quantitative estimate of drug-likeness (QED) is 0.572. The van der Waals surface area contributed by atoms with E-state index < -0.39 is 17.8 Å². The smallest absolute Gasteiger partial charge is 0.261 e. The lowest BCUT2D eigenvalue weighted by molar-refractivity contribution is -0.142. The van der Waals surface area contributed by atoms with E-state index in [1.807, 2.05) is 32.9 Å². The summed E-state index contributed by atoms with van der Waals surface area (Å²) in [5, 5.41) is 2.88. The number of halogens is 2. The summed E-state index contributed by atoms with van der Waals surface area (Å²) in [6.45, 7) is 7.14. The van der Waals surface area contributed by atoms with E-state index in [0.717, 1.165) is 16.5 Å². The summed E-state index contributed by atoms with van der Waals surface area (Å²) in [5.41, 5.74) is 1.32. The van der Waals surface area contributed by atoms with Crippen LogP contribution in [0.3, 0.4) is 0 Å². The van der Waals surface area contributed by atoms with Crippen LogP contribution in [0, 0.1) is 12.7 Å². The Balaban J connectivity index is 2.18. The molecule has 0 aliphatic heterocycles. The molecule has 0 saturated carbocycles. The van der Waals surface area contributed by atoms with Crippen molar-refractivity contribution in [2.24, 2.45) is 0 Å². The molecule has 162 valence electrons. The minimum atomic E-state index is -0.777. The van der Waals surface area contributed by atoms with Crippen molar-refractivity contribution in [2.45, 2.75) is 52.7 Å². The van der Waals surface area contributed by atoms with Gasteiger partial charge in [0.1, 0.15) is 17.6 Å². The van der Waals surface area contributed by atoms with Gasteiger partial charge < -0.3 is 15.0 Å². The first-order valence-corrected chi connectivity index (χ1v) is 10.7. The van der Waals surface area contributed by atoms with E-state index in [4.69, 9.17) is 4.74 Å².